The molecule has 5 nitrogen and oxygen atoms in total. The summed E-state index contributed by atoms with van der Waals surface area (Å²) >= 11 is 16.7. The quantitative estimate of drug-likeness (QED) is 0.214. The molecule has 3 rings (SSSR count). The SMILES string of the molecule is NC(=S)N/N=C\c1c(OC(=O)c2ccc(Cl)cc2Cl)ccc2ccccc12. The summed E-state index contributed by atoms with van der Waals surface area (Å²) in [6.45, 7) is 0. The lowest BCUT2D eigenvalue weighted by molar-refractivity contribution is 0.0735. The predicted octanol–water partition coefficient (Wildman–Crippen LogP) is 4.53. The Morgan fingerprint density at radius 1 is 1.15 bits per heavy atom. The molecule has 0 unspecified atom stereocenters. The lowest BCUT2D eigenvalue weighted by Gasteiger charge is -2.11. The number of hydrogen-bond acceptors (Lipinski definition) is 4. The number of carbonyl (C=O) groups excluding carboxylic acids is 1. The number of thiocarbonyl (C=S) groups is 1. The van der Waals surface area contributed by atoms with Crippen LogP contribution in [0.4, 0.5) is 0 Å². The minimum Gasteiger partial charge on any atom is -0.422 e. The molecule has 0 atom stereocenters. The Hall–Kier alpha value is -2.67. The minimum atomic E-state index is -0.607. The normalized spacial score (nSPS) is 10.9. The van der Waals surface area contributed by atoms with Gasteiger partial charge in [-0.3, -0.25) is 5.43 Å². The molecule has 8 heteroatoms. The summed E-state index contributed by atoms with van der Waals surface area (Å²) in [5.74, 6) is -0.290. The van der Waals surface area contributed by atoms with Crippen molar-refractivity contribution in [3.05, 3.63) is 75.8 Å². The summed E-state index contributed by atoms with van der Waals surface area (Å²) in [7, 11) is 0. The number of nitrogens with zero attached hydrogens (tertiary/aromatic N) is 1. The van der Waals surface area contributed by atoms with Crippen molar-refractivity contribution in [2.45, 2.75) is 0 Å². The van der Waals surface area contributed by atoms with Crippen molar-refractivity contribution in [3.63, 3.8) is 0 Å². The number of halogens is 2. The number of nitrogens with one attached hydrogen (secondary N) is 1. The zero-order valence-corrected chi connectivity index (χ0v) is 16.1. The smallest absolute Gasteiger partial charge is 0.345 e. The number of nitrogens with two attached hydrogens (primary N) is 1. The molecule has 27 heavy (non-hydrogen) atoms. The molecule has 0 aliphatic rings. The number of hydrazone groups is 1. The van der Waals surface area contributed by atoms with Gasteiger partial charge in [-0.25, -0.2) is 4.79 Å². The molecule has 0 amide bonds. The molecule has 0 heterocycles. The van der Waals surface area contributed by atoms with Crippen LogP contribution in [0.25, 0.3) is 10.8 Å². The Balaban J connectivity index is 2.01. The number of ether oxygens (including phenoxy) is 1. The number of fused-ring (bicyclic) bond motifs is 1. The number of rotatable bonds is 4. The van der Waals surface area contributed by atoms with Gasteiger partial charge in [0.05, 0.1) is 16.8 Å². The molecule has 136 valence electrons. The van der Waals surface area contributed by atoms with E-state index in [2.05, 4.69) is 10.5 Å². The first kappa shape index (κ1) is 19.1. The monoisotopic (exact) mass is 417 g/mol. The molecule has 0 bridgehead atoms. The zero-order valence-electron chi connectivity index (χ0n) is 13.8. The van der Waals surface area contributed by atoms with Gasteiger partial charge in [-0.05, 0) is 47.3 Å². The van der Waals surface area contributed by atoms with Crippen LogP contribution in [0, 0.1) is 0 Å². The summed E-state index contributed by atoms with van der Waals surface area (Å²) in [5, 5.41) is 6.45. The minimum absolute atomic E-state index is 0.0259. The molecule has 0 spiro atoms. The van der Waals surface area contributed by atoms with Crippen LogP contribution in [0.2, 0.25) is 10.0 Å². The van der Waals surface area contributed by atoms with Gasteiger partial charge in [-0.1, -0.05) is 53.5 Å². The summed E-state index contributed by atoms with van der Waals surface area (Å²) < 4.78 is 5.57. The van der Waals surface area contributed by atoms with Gasteiger partial charge in [0.15, 0.2) is 5.11 Å². The molecule has 0 aliphatic carbocycles. The van der Waals surface area contributed by atoms with E-state index in [1.165, 1.54) is 18.3 Å². The average Bonchev–Trinajstić information content (AvgIpc) is 2.62. The summed E-state index contributed by atoms with van der Waals surface area (Å²) in [5.41, 5.74) is 8.68. The number of esters is 1. The van der Waals surface area contributed by atoms with Crippen LogP contribution in [0.1, 0.15) is 15.9 Å². The summed E-state index contributed by atoms with van der Waals surface area (Å²) in [6.07, 6.45) is 1.49. The van der Waals surface area contributed by atoms with Crippen molar-refractivity contribution in [2.75, 3.05) is 0 Å². The topological polar surface area (TPSA) is 76.7 Å². The van der Waals surface area contributed by atoms with Crippen molar-refractivity contribution in [1.82, 2.24) is 5.43 Å². The second-order valence-corrected chi connectivity index (χ2v) is 6.73. The number of carbonyl (C=O) groups is 1. The van der Waals surface area contributed by atoms with Crippen LogP contribution < -0.4 is 15.9 Å². The van der Waals surface area contributed by atoms with Crippen LogP contribution in [0.5, 0.6) is 5.75 Å². The van der Waals surface area contributed by atoms with Crippen LogP contribution in [0.15, 0.2) is 59.7 Å². The second-order valence-electron chi connectivity index (χ2n) is 5.45. The summed E-state index contributed by atoms with van der Waals surface area (Å²) in [6, 6.07) is 15.7. The lowest BCUT2D eigenvalue weighted by atomic mass is 10.0. The zero-order chi connectivity index (χ0) is 19.4. The Labute approximate surface area is 170 Å². The first-order chi connectivity index (χ1) is 13.0. The molecule has 3 aromatic carbocycles. The fraction of sp³-hybridized carbons (Fsp3) is 0. The standard InChI is InChI=1S/C19H13Cl2N3O2S/c20-12-6-7-14(16(21)9-12)18(25)26-17-8-5-11-3-1-2-4-13(11)15(17)10-23-24-19(22)27/h1-10H,(H3,22,24,27)/b23-10-. The van der Waals surface area contributed by atoms with Gasteiger partial charge in [-0.2, -0.15) is 5.10 Å². The molecule has 0 saturated carbocycles. The van der Waals surface area contributed by atoms with E-state index < -0.39 is 5.97 Å². The molecule has 0 radical (unpaired) electrons. The van der Waals surface area contributed by atoms with E-state index in [9.17, 15) is 4.79 Å². The highest BCUT2D eigenvalue weighted by atomic mass is 35.5. The largest absolute Gasteiger partial charge is 0.422 e. The Bertz CT molecular complexity index is 1070. The molecule has 3 N–H and O–H groups in total. The predicted molar refractivity (Wildman–Crippen MR) is 113 cm³/mol. The van der Waals surface area contributed by atoms with E-state index in [0.29, 0.717) is 16.3 Å². The van der Waals surface area contributed by atoms with Crippen LogP contribution in [-0.4, -0.2) is 17.3 Å². The maximum atomic E-state index is 12.6. The third kappa shape index (κ3) is 4.54. The summed E-state index contributed by atoms with van der Waals surface area (Å²) in [4.78, 5) is 12.6. The van der Waals surface area contributed by atoms with E-state index in [1.807, 2.05) is 30.3 Å². The highest BCUT2D eigenvalue weighted by molar-refractivity contribution is 7.80. The van der Waals surface area contributed by atoms with Crippen molar-refractivity contribution >= 4 is 63.5 Å². The Morgan fingerprint density at radius 2 is 1.93 bits per heavy atom. The Kier molecular flexibility index (Phi) is 5.91. The molecule has 0 aliphatic heterocycles. The van der Waals surface area contributed by atoms with Crippen LogP contribution in [-0.2, 0) is 0 Å². The second kappa shape index (κ2) is 8.35. The van der Waals surface area contributed by atoms with E-state index in [1.54, 1.807) is 12.1 Å². The Morgan fingerprint density at radius 3 is 2.67 bits per heavy atom. The van der Waals surface area contributed by atoms with E-state index in [4.69, 9.17) is 45.9 Å². The highest BCUT2D eigenvalue weighted by Crippen LogP contribution is 2.29. The van der Waals surface area contributed by atoms with Crippen molar-refractivity contribution in [2.24, 2.45) is 10.8 Å². The lowest BCUT2D eigenvalue weighted by Crippen LogP contribution is -2.24. The third-order valence-corrected chi connectivity index (χ3v) is 4.29. The number of hydrogen-bond donors (Lipinski definition) is 2. The van der Waals surface area contributed by atoms with E-state index in [-0.39, 0.29) is 15.7 Å². The van der Waals surface area contributed by atoms with Crippen molar-refractivity contribution in [3.8, 4) is 5.75 Å². The fourth-order valence-electron chi connectivity index (χ4n) is 2.47. The van der Waals surface area contributed by atoms with Gasteiger partial charge in [0.2, 0.25) is 0 Å². The van der Waals surface area contributed by atoms with Gasteiger partial charge >= 0.3 is 5.97 Å². The third-order valence-electron chi connectivity index (χ3n) is 3.65. The molecular weight excluding hydrogens is 405 g/mol. The van der Waals surface area contributed by atoms with Crippen LogP contribution >= 0.6 is 35.4 Å². The maximum Gasteiger partial charge on any atom is 0.345 e. The van der Waals surface area contributed by atoms with Gasteiger partial charge < -0.3 is 10.5 Å². The van der Waals surface area contributed by atoms with Gasteiger partial charge in [-0.15, -0.1) is 0 Å². The molecule has 0 fully saturated rings. The molecule has 3 aromatic rings. The van der Waals surface area contributed by atoms with E-state index in [0.717, 1.165) is 10.8 Å². The molecular formula is C19H13Cl2N3O2S. The van der Waals surface area contributed by atoms with Gasteiger partial charge in [0, 0.05) is 10.6 Å². The maximum absolute atomic E-state index is 12.6. The molecule has 0 aromatic heterocycles. The van der Waals surface area contributed by atoms with Gasteiger partial charge in [0.1, 0.15) is 5.75 Å². The van der Waals surface area contributed by atoms with Crippen LogP contribution in [0.3, 0.4) is 0 Å². The molecule has 0 saturated heterocycles. The highest BCUT2D eigenvalue weighted by Gasteiger charge is 2.16. The fourth-order valence-corrected chi connectivity index (χ4v) is 3.01. The number of benzene rings is 3. The van der Waals surface area contributed by atoms with E-state index >= 15 is 0 Å². The first-order valence-electron chi connectivity index (χ1n) is 7.73. The van der Waals surface area contributed by atoms with Crippen molar-refractivity contribution in [1.29, 1.82) is 0 Å². The van der Waals surface area contributed by atoms with Crippen molar-refractivity contribution < 1.29 is 9.53 Å². The first-order valence-corrected chi connectivity index (χ1v) is 8.89. The van der Waals surface area contributed by atoms with Gasteiger partial charge in [0.25, 0.3) is 0 Å². The average molecular weight is 418 g/mol.